The zero-order valence-electron chi connectivity index (χ0n) is 19.6. The topological polar surface area (TPSA) is 119 Å². The third-order valence-electron chi connectivity index (χ3n) is 4.05. The number of carbonyl (C=O) groups excluding carboxylic acids is 3. The Morgan fingerprint density at radius 3 is 2.06 bits per heavy atom. The molecule has 0 aliphatic rings. The predicted octanol–water partition coefficient (Wildman–Crippen LogP) is 2.65. The first kappa shape index (κ1) is 28.8. The van der Waals surface area contributed by atoms with Gasteiger partial charge in [0.05, 0.1) is 26.1 Å². The summed E-state index contributed by atoms with van der Waals surface area (Å²) in [6, 6.07) is -1.18. The Bertz CT molecular complexity index is 562. The lowest BCUT2D eigenvalue weighted by Gasteiger charge is -2.30. The fourth-order valence-corrected chi connectivity index (χ4v) is 2.54. The maximum atomic E-state index is 12.8. The van der Waals surface area contributed by atoms with E-state index in [1.165, 1.54) is 4.90 Å². The molecule has 31 heavy (non-hydrogen) atoms. The van der Waals surface area contributed by atoms with Gasteiger partial charge in [-0.25, -0.2) is 4.79 Å². The number of aliphatic carboxylic acids is 1. The second-order valence-electron chi connectivity index (χ2n) is 8.27. The van der Waals surface area contributed by atoms with Crippen LogP contribution in [-0.4, -0.2) is 72.8 Å². The Labute approximate surface area is 185 Å². The molecule has 0 aliphatic carbocycles. The van der Waals surface area contributed by atoms with Gasteiger partial charge in [-0.3, -0.25) is 14.4 Å². The summed E-state index contributed by atoms with van der Waals surface area (Å²) in [5, 5.41) is 8.92. The van der Waals surface area contributed by atoms with Crippen LogP contribution in [0.5, 0.6) is 0 Å². The average molecular weight is 446 g/mol. The smallest absolute Gasteiger partial charge is 0.329 e. The number of carboxylic acid groups (broad SMARTS) is 1. The highest BCUT2D eigenvalue weighted by atomic mass is 16.5. The second-order valence-corrected chi connectivity index (χ2v) is 8.27. The molecule has 0 rings (SSSR count). The van der Waals surface area contributed by atoms with Gasteiger partial charge in [0.15, 0.2) is 0 Å². The standard InChI is InChI=1S/C22H39NO8/c1-6-11-29-12-7-10-23(19(24)8-9-20(25)26)18(22(28)31-15-17(4)5)13-21(27)30-14-16(2)3/h16-18H,6-15H2,1-5H3,(H,25,26). The van der Waals surface area contributed by atoms with Crippen molar-refractivity contribution < 1.29 is 38.5 Å². The van der Waals surface area contributed by atoms with Gasteiger partial charge in [0, 0.05) is 26.2 Å². The van der Waals surface area contributed by atoms with E-state index in [2.05, 4.69) is 0 Å². The van der Waals surface area contributed by atoms with Crippen molar-refractivity contribution in [1.29, 1.82) is 0 Å². The van der Waals surface area contributed by atoms with Gasteiger partial charge in [0.25, 0.3) is 0 Å². The van der Waals surface area contributed by atoms with Crippen LogP contribution in [-0.2, 0) is 33.4 Å². The first-order chi connectivity index (χ1) is 14.6. The number of carboxylic acids is 1. The van der Waals surface area contributed by atoms with E-state index in [0.717, 1.165) is 6.42 Å². The van der Waals surface area contributed by atoms with E-state index in [9.17, 15) is 19.2 Å². The molecule has 0 fully saturated rings. The summed E-state index contributed by atoms with van der Waals surface area (Å²) in [4.78, 5) is 50.0. The summed E-state index contributed by atoms with van der Waals surface area (Å²) in [6.07, 6.45) is 0.298. The molecule has 1 N–H and O–H groups in total. The van der Waals surface area contributed by atoms with Gasteiger partial charge in [-0.1, -0.05) is 34.6 Å². The fourth-order valence-electron chi connectivity index (χ4n) is 2.54. The summed E-state index contributed by atoms with van der Waals surface area (Å²) in [6.45, 7) is 10.9. The molecule has 0 spiro atoms. The van der Waals surface area contributed by atoms with E-state index in [-0.39, 0.29) is 50.9 Å². The van der Waals surface area contributed by atoms with Crippen LogP contribution in [0.3, 0.4) is 0 Å². The Morgan fingerprint density at radius 1 is 0.903 bits per heavy atom. The largest absolute Gasteiger partial charge is 0.481 e. The van der Waals surface area contributed by atoms with Crippen LogP contribution in [0.1, 0.15) is 66.7 Å². The molecule has 1 atom stereocenters. The first-order valence-corrected chi connectivity index (χ1v) is 11.0. The molecular weight excluding hydrogens is 406 g/mol. The van der Waals surface area contributed by atoms with Crippen LogP contribution in [0.15, 0.2) is 0 Å². The van der Waals surface area contributed by atoms with Gasteiger partial charge >= 0.3 is 17.9 Å². The third kappa shape index (κ3) is 14.5. The quantitative estimate of drug-likeness (QED) is 0.268. The second kappa shape index (κ2) is 16.5. The minimum atomic E-state index is -1.18. The molecule has 9 heteroatoms. The Balaban J connectivity index is 5.45. The highest BCUT2D eigenvalue weighted by Gasteiger charge is 2.33. The van der Waals surface area contributed by atoms with Crippen molar-refractivity contribution in [3.63, 3.8) is 0 Å². The lowest BCUT2D eigenvalue weighted by molar-refractivity contribution is -0.161. The van der Waals surface area contributed by atoms with E-state index < -0.39 is 29.9 Å². The number of carbonyl (C=O) groups is 4. The van der Waals surface area contributed by atoms with Crippen molar-refractivity contribution in [2.45, 2.75) is 72.8 Å². The molecule has 0 saturated carbocycles. The lowest BCUT2D eigenvalue weighted by Crippen LogP contribution is -2.48. The lowest BCUT2D eigenvalue weighted by atomic mass is 10.1. The number of rotatable bonds is 17. The van der Waals surface area contributed by atoms with Crippen molar-refractivity contribution >= 4 is 23.8 Å². The minimum Gasteiger partial charge on any atom is -0.481 e. The van der Waals surface area contributed by atoms with Crippen LogP contribution < -0.4 is 0 Å². The fraction of sp³-hybridized carbons (Fsp3) is 0.818. The Hall–Kier alpha value is -2.16. The summed E-state index contributed by atoms with van der Waals surface area (Å²) in [5.41, 5.74) is 0. The predicted molar refractivity (Wildman–Crippen MR) is 114 cm³/mol. The number of ether oxygens (including phenoxy) is 3. The number of esters is 2. The van der Waals surface area contributed by atoms with Crippen molar-refractivity contribution in [2.24, 2.45) is 11.8 Å². The average Bonchev–Trinajstić information content (AvgIpc) is 2.69. The highest BCUT2D eigenvalue weighted by molar-refractivity contribution is 5.89. The van der Waals surface area contributed by atoms with E-state index in [0.29, 0.717) is 19.6 Å². The molecule has 180 valence electrons. The number of hydrogen-bond acceptors (Lipinski definition) is 7. The first-order valence-electron chi connectivity index (χ1n) is 11.0. The normalized spacial score (nSPS) is 12.0. The monoisotopic (exact) mass is 445 g/mol. The SMILES string of the molecule is CCCOCCCN(C(=O)CCC(=O)O)C(CC(=O)OCC(C)C)C(=O)OCC(C)C. The molecule has 0 aromatic carbocycles. The van der Waals surface area contributed by atoms with Crippen LogP contribution in [0, 0.1) is 11.8 Å². The van der Waals surface area contributed by atoms with E-state index in [4.69, 9.17) is 19.3 Å². The molecular formula is C22H39NO8. The minimum absolute atomic E-state index is 0.0797. The van der Waals surface area contributed by atoms with Crippen LogP contribution in [0.4, 0.5) is 0 Å². The molecule has 1 unspecified atom stereocenters. The number of nitrogens with zero attached hydrogens (tertiary/aromatic N) is 1. The maximum absolute atomic E-state index is 12.8. The van der Waals surface area contributed by atoms with Crippen LogP contribution in [0.2, 0.25) is 0 Å². The van der Waals surface area contributed by atoms with Gasteiger partial charge in [-0.15, -0.1) is 0 Å². The van der Waals surface area contributed by atoms with Crippen molar-refractivity contribution in [1.82, 2.24) is 4.90 Å². The van der Waals surface area contributed by atoms with Gasteiger partial charge in [-0.05, 0) is 24.7 Å². The van der Waals surface area contributed by atoms with Gasteiger partial charge in [-0.2, -0.15) is 0 Å². The zero-order chi connectivity index (χ0) is 23.8. The van der Waals surface area contributed by atoms with Crippen molar-refractivity contribution in [2.75, 3.05) is 33.0 Å². The Morgan fingerprint density at radius 2 is 1.52 bits per heavy atom. The molecule has 0 radical (unpaired) electrons. The Kier molecular flexibility index (Phi) is 15.4. The molecule has 0 saturated heterocycles. The van der Waals surface area contributed by atoms with Gasteiger partial charge in [0.1, 0.15) is 6.04 Å². The molecule has 0 heterocycles. The van der Waals surface area contributed by atoms with E-state index >= 15 is 0 Å². The third-order valence-corrected chi connectivity index (χ3v) is 4.05. The zero-order valence-corrected chi connectivity index (χ0v) is 19.6. The molecule has 0 bridgehead atoms. The number of amides is 1. The van der Waals surface area contributed by atoms with E-state index in [1.54, 1.807) is 0 Å². The molecule has 1 amide bonds. The summed E-state index contributed by atoms with van der Waals surface area (Å²) < 4.78 is 15.9. The summed E-state index contributed by atoms with van der Waals surface area (Å²) >= 11 is 0. The van der Waals surface area contributed by atoms with Gasteiger partial charge < -0.3 is 24.2 Å². The maximum Gasteiger partial charge on any atom is 0.329 e. The molecule has 0 aromatic heterocycles. The van der Waals surface area contributed by atoms with Crippen molar-refractivity contribution in [3.8, 4) is 0 Å². The van der Waals surface area contributed by atoms with Crippen LogP contribution >= 0.6 is 0 Å². The molecule has 9 nitrogen and oxygen atoms in total. The summed E-state index contributed by atoms with van der Waals surface area (Å²) in [7, 11) is 0. The van der Waals surface area contributed by atoms with Crippen LogP contribution in [0.25, 0.3) is 0 Å². The van der Waals surface area contributed by atoms with E-state index in [1.807, 2.05) is 34.6 Å². The number of hydrogen-bond donors (Lipinski definition) is 1. The highest BCUT2D eigenvalue weighted by Crippen LogP contribution is 2.14. The summed E-state index contributed by atoms with van der Waals surface area (Å²) in [5.74, 6) is -2.75. The van der Waals surface area contributed by atoms with Gasteiger partial charge in [0.2, 0.25) is 5.91 Å². The molecule has 0 aliphatic heterocycles. The molecule has 0 aromatic rings. The van der Waals surface area contributed by atoms with Crippen molar-refractivity contribution in [3.05, 3.63) is 0 Å².